The number of piperazine rings is 1. The van der Waals surface area contributed by atoms with Crippen LogP contribution in [0.1, 0.15) is 27.0 Å². The Morgan fingerprint density at radius 1 is 0.962 bits per heavy atom. The number of carbonyl (C=O) groups excluding carboxylic acids is 2. The molecule has 1 aliphatic rings. The molecule has 1 aliphatic heterocycles. The molecule has 6 aromatic rings. The third-order valence-electron chi connectivity index (χ3n) is 8.43. The van der Waals surface area contributed by atoms with Gasteiger partial charge >= 0.3 is 12.1 Å². The first kappa shape index (κ1) is 34.9. The molecular formula is C36H30F3N7O4S2. The van der Waals surface area contributed by atoms with Crippen LogP contribution in [-0.2, 0) is 39.9 Å². The molecule has 7 rings (SSSR count). The summed E-state index contributed by atoms with van der Waals surface area (Å²) >= 11 is 2.74. The molecule has 52 heavy (non-hydrogen) atoms. The minimum atomic E-state index is -4.50. The van der Waals surface area contributed by atoms with Crippen LogP contribution in [0.4, 0.5) is 19.0 Å². The van der Waals surface area contributed by atoms with Gasteiger partial charge in [-0.3, -0.25) is 14.4 Å². The summed E-state index contributed by atoms with van der Waals surface area (Å²) in [6, 6.07) is 15.8. The molecule has 0 spiro atoms. The van der Waals surface area contributed by atoms with Gasteiger partial charge in [-0.2, -0.15) is 18.3 Å². The van der Waals surface area contributed by atoms with E-state index in [4.69, 9.17) is 4.74 Å². The SMILES string of the molecule is O=C(Cc1nn(Cc2nc3cc(C(F)(F)F)ccc3s2)c(=O)c2ccccc12)OCCc1nccc(N2CCN(C(=O)C=Cc3cccs3)CC2)n1. The molecule has 1 amide bonds. The number of anilines is 1. The molecular weight excluding hydrogens is 716 g/mol. The quantitative estimate of drug-likeness (QED) is 0.130. The molecule has 2 aromatic carbocycles. The summed E-state index contributed by atoms with van der Waals surface area (Å²) < 4.78 is 46.9. The standard InChI is InChI=1S/C36H30F3N7O4S2/c37-36(38,39)23-7-9-29-28(20-23)41-32(52-29)22-46-35(49)26-6-2-1-5-25(26)27(43-46)21-34(48)50-18-12-30-40-13-11-31(42-30)44-14-16-45(17-15-44)33(47)10-8-24-4-3-19-51-24/h1-11,13,19-20H,12,14-18,21-22H2. The number of esters is 1. The van der Waals surface area contributed by atoms with E-state index < -0.39 is 23.3 Å². The van der Waals surface area contributed by atoms with Crippen molar-refractivity contribution in [1.82, 2.24) is 29.6 Å². The minimum absolute atomic E-state index is 0.0182. The van der Waals surface area contributed by atoms with E-state index in [2.05, 4.69) is 25.0 Å². The van der Waals surface area contributed by atoms with Crippen LogP contribution in [-0.4, -0.2) is 74.3 Å². The number of thiazole rings is 1. The van der Waals surface area contributed by atoms with E-state index in [-0.39, 0.29) is 37.4 Å². The third kappa shape index (κ3) is 8.02. The van der Waals surface area contributed by atoms with Gasteiger partial charge in [0.1, 0.15) is 16.6 Å². The smallest absolute Gasteiger partial charge is 0.416 e. The van der Waals surface area contributed by atoms with Gasteiger partial charge in [-0.1, -0.05) is 24.3 Å². The zero-order valence-electron chi connectivity index (χ0n) is 27.5. The molecule has 0 bridgehead atoms. The van der Waals surface area contributed by atoms with Crippen LogP contribution >= 0.6 is 22.7 Å². The summed E-state index contributed by atoms with van der Waals surface area (Å²) in [6.45, 7) is 2.28. The molecule has 0 radical (unpaired) electrons. The molecule has 4 aromatic heterocycles. The van der Waals surface area contributed by atoms with E-state index >= 15 is 0 Å². The second kappa shape index (κ2) is 15.0. The van der Waals surface area contributed by atoms with Gasteiger partial charge in [-0.25, -0.2) is 19.6 Å². The molecule has 0 saturated carbocycles. The van der Waals surface area contributed by atoms with Crippen LogP contribution in [0.2, 0.25) is 0 Å². The van der Waals surface area contributed by atoms with Crippen LogP contribution in [0, 0.1) is 0 Å². The van der Waals surface area contributed by atoms with Crippen LogP contribution in [0.15, 0.2) is 83.1 Å². The Bertz CT molecular complexity index is 2330. The van der Waals surface area contributed by atoms with E-state index in [1.165, 1.54) is 10.7 Å². The summed E-state index contributed by atoms with van der Waals surface area (Å²) in [5.74, 6) is 0.634. The number of alkyl halides is 3. The molecule has 0 atom stereocenters. The average molecular weight is 746 g/mol. The highest BCUT2D eigenvalue weighted by Crippen LogP contribution is 2.33. The number of aromatic nitrogens is 5. The third-order valence-corrected chi connectivity index (χ3v) is 10.3. The maximum Gasteiger partial charge on any atom is 0.416 e. The first-order valence-corrected chi connectivity index (χ1v) is 18.0. The van der Waals surface area contributed by atoms with Crippen molar-refractivity contribution in [3.8, 4) is 0 Å². The number of nitrogens with zero attached hydrogens (tertiary/aromatic N) is 7. The molecule has 0 N–H and O–H groups in total. The predicted molar refractivity (Wildman–Crippen MR) is 192 cm³/mol. The molecule has 1 fully saturated rings. The van der Waals surface area contributed by atoms with Gasteiger partial charge in [-0.15, -0.1) is 22.7 Å². The number of hydrogen-bond acceptors (Lipinski definition) is 11. The number of thiophene rings is 1. The lowest BCUT2D eigenvalue weighted by atomic mass is 10.1. The van der Waals surface area contributed by atoms with Crippen molar-refractivity contribution >= 4 is 67.4 Å². The molecule has 11 nitrogen and oxygen atoms in total. The fourth-order valence-electron chi connectivity index (χ4n) is 5.82. The number of rotatable bonds is 10. The van der Waals surface area contributed by atoms with E-state index in [0.29, 0.717) is 58.2 Å². The number of hydrogen-bond donors (Lipinski definition) is 0. The molecule has 1 saturated heterocycles. The summed E-state index contributed by atoms with van der Waals surface area (Å²) in [5.41, 5.74) is -0.730. The van der Waals surface area contributed by atoms with Crippen molar-refractivity contribution < 1.29 is 27.5 Å². The van der Waals surface area contributed by atoms with Crippen molar-refractivity contribution in [2.24, 2.45) is 0 Å². The van der Waals surface area contributed by atoms with E-state index in [9.17, 15) is 27.6 Å². The maximum absolute atomic E-state index is 13.3. The Morgan fingerprint density at radius 3 is 2.54 bits per heavy atom. The summed E-state index contributed by atoms with van der Waals surface area (Å²) in [7, 11) is 0. The highest BCUT2D eigenvalue weighted by atomic mass is 32.1. The Kier molecular flexibility index (Phi) is 10.1. The average Bonchev–Trinajstić information content (AvgIpc) is 3.82. The van der Waals surface area contributed by atoms with Gasteiger partial charge in [0.2, 0.25) is 5.91 Å². The van der Waals surface area contributed by atoms with Gasteiger partial charge in [0.25, 0.3) is 5.56 Å². The normalized spacial score (nSPS) is 13.8. The van der Waals surface area contributed by atoms with Crippen LogP contribution < -0.4 is 10.5 Å². The van der Waals surface area contributed by atoms with Crippen molar-refractivity contribution in [3.63, 3.8) is 0 Å². The molecule has 266 valence electrons. The van der Waals surface area contributed by atoms with Crippen LogP contribution in [0.25, 0.3) is 27.1 Å². The summed E-state index contributed by atoms with van der Waals surface area (Å²) in [6.07, 6.45) is 0.632. The lowest BCUT2D eigenvalue weighted by Gasteiger charge is -2.35. The Morgan fingerprint density at radius 2 is 1.77 bits per heavy atom. The van der Waals surface area contributed by atoms with Crippen molar-refractivity contribution in [2.75, 3.05) is 37.7 Å². The van der Waals surface area contributed by atoms with Crippen LogP contribution in [0.5, 0.6) is 0 Å². The molecule has 16 heteroatoms. The second-order valence-corrected chi connectivity index (χ2v) is 14.0. The van der Waals surface area contributed by atoms with E-state index in [0.717, 1.165) is 34.2 Å². The molecule has 5 heterocycles. The fraction of sp³-hybridized carbons (Fsp3) is 0.250. The highest BCUT2D eigenvalue weighted by molar-refractivity contribution is 7.18. The van der Waals surface area contributed by atoms with Gasteiger partial charge in [-0.05, 0) is 47.9 Å². The first-order valence-electron chi connectivity index (χ1n) is 16.3. The zero-order chi connectivity index (χ0) is 36.2. The summed E-state index contributed by atoms with van der Waals surface area (Å²) in [4.78, 5) is 57.2. The number of amides is 1. The van der Waals surface area contributed by atoms with E-state index in [1.807, 2.05) is 34.6 Å². The number of carbonyl (C=O) groups is 2. The Labute approximate surface area is 302 Å². The number of fused-ring (bicyclic) bond motifs is 2. The fourth-order valence-corrected chi connectivity index (χ4v) is 7.37. The van der Waals surface area contributed by atoms with Crippen molar-refractivity contribution in [2.45, 2.75) is 25.6 Å². The van der Waals surface area contributed by atoms with E-state index in [1.54, 1.807) is 47.9 Å². The molecule has 0 aliphatic carbocycles. The van der Waals surface area contributed by atoms with Crippen molar-refractivity contribution in [3.05, 3.63) is 116 Å². The van der Waals surface area contributed by atoms with Crippen LogP contribution in [0.3, 0.4) is 0 Å². The largest absolute Gasteiger partial charge is 0.465 e. The van der Waals surface area contributed by atoms with Gasteiger partial charge in [0.05, 0.1) is 46.4 Å². The lowest BCUT2D eigenvalue weighted by molar-refractivity contribution is -0.143. The number of benzene rings is 2. The Hall–Kier alpha value is -5.48. The van der Waals surface area contributed by atoms with Gasteiger partial charge in [0, 0.05) is 55.1 Å². The van der Waals surface area contributed by atoms with Gasteiger partial charge < -0.3 is 14.5 Å². The monoisotopic (exact) mass is 745 g/mol. The first-order chi connectivity index (χ1) is 25.1. The minimum Gasteiger partial charge on any atom is -0.465 e. The van der Waals surface area contributed by atoms with Crippen molar-refractivity contribution in [1.29, 1.82) is 0 Å². The number of ether oxygens (including phenoxy) is 1. The molecule has 0 unspecified atom stereocenters. The Balaban J connectivity index is 0.965. The second-order valence-electron chi connectivity index (χ2n) is 11.9. The zero-order valence-corrected chi connectivity index (χ0v) is 29.1. The maximum atomic E-state index is 13.3. The summed E-state index contributed by atoms with van der Waals surface area (Å²) in [5, 5.41) is 7.66. The number of halogens is 3. The predicted octanol–water partition coefficient (Wildman–Crippen LogP) is 5.62. The lowest BCUT2D eigenvalue weighted by Crippen LogP contribution is -2.48. The van der Waals surface area contributed by atoms with Gasteiger partial charge in [0.15, 0.2) is 0 Å². The topological polar surface area (TPSA) is 123 Å². The highest BCUT2D eigenvalue weighted by Gasteiger charge is 2.31.